The van der Waals surface area contributed by atoms with E-state index in [9.17, 15) is 17.6 Å². The minimum Gasteiger partial charge on any atom is -0.352 e. The van der Waals surface area contributed by atoms with Crippen LogP contribution in [0.2, 0.25) is 5.02 Å². The summed E-state index contributed by atoms with van der Waals surface area (Å²) in [5.41, 5.74) is 0.320. The first-order valence-electron chi connectivity index (χ1n) is 8.58. The molecule has 0 saturated carbocycles. The van der Waals surface area contributed by atoms with Crippen LogP contribution >= 0.6 is 11.6 Å². The summed E-state index contributed by atoms with van der Waals surface area (Å²) in [7, 11) is -2.22. The highest BCUT2D eigenvalue weighted by atomic mass is 35.5. The molecule has 7 nitrogen and oxygen atoms in total. The Morgan fingerprint density at radius 2 is 1.93 bits per heavy atom. The van der Waals surface area contributed by atoms with Crippen LogP contribution in [0.5, 0.6) is 0 Å². The number of hydrogen-bond donors (Lipinski definition) is 2. The first-order chi connectivity index (χ1) is 13.8. The number of halogens is 2. The van der Waals surface area contributed by atoms with Crippen LogP contribution in [-0.4, -0.2) is 30.4 Å². The predicted molar refractivity (Wildman–Crippen MR) is 108 cm³/mol. The summed E-state index contributed by atoms with van der Waals surface area (Å²) in [4.78, 5) is 16.3. The highest BCUT2D eigenvalue weighted by molar-refractivity contribution is 7.92. The fourth-order valence-corrected chi connectivity index (χ4v) is 4.19. The molecule has 1 heterocycles. The number of carbonyl (C=O) groups is 1. The SMILES string of the molecule is Cn1ccnc1CCNC(=O)c1ccc(Cl)c(S(=O)(=O)Nc2ccc(F)cc2)c1. The van der Waals surface area contributed by atoms with Gasteiger partial charge < -0.3 is 9.88 Å². The lowest BCUT2D eigenvalue weighted by molar-refractivity contribution is 0.0953. The van der Waals surface area contributed by atoms with Crippen molar-refractivity contribution in [2.24, 2.45) is 7.05 Å². The molecule has 2 aromatic carbocycles. The van der Waals surface area contributed by atoms with E-state index in [0.29, 0.717) is 13.0 Å². The van der Waals surface area contributed by atoms with Gasteiger partial charge in [-0.1, -0.05) is 11.6 Å². The number of nitrogens with one attached hydrogen (secondary N) is 2. The number of nitrogens with zero attached hydrogens (tertiary/aromatic N) is 2. The minimum atomic E-state index is -4.07. The lowest BCUT2D eigenvalue weighted by atomic mass is 10.2. The van der Waals surface area contributed by atoms with Crippen LogP contribution in [0.4, 0.5) is 10.1 Å². The van der Waals surface area contributed by atoms with Gasteiger partial charge in [0.25, 0.3) is 15.9 Å². The Balaban J connectivity index is 1.73. The lowest BCUT2D eigenvalue weighted by Gasteiger charge is -2.11. The Labute approximate surface area is 172 Å². The number of benzene rings is 2. The molecule has 0 aliphatic rings. The van der Waals surface area contributed by atoms with Gasteiger partial charge in [0.1, 0.15) is 16.5 Å². The molecule has 152 valence electrons. The van der Waals surface area contributed by atoms with E-state index in [0.717, 1.165) is 18.0 Å². The number of amides is 1. The van der Waals surface area contributed by atoms with Crippen molar-refractivity contribution >= 4 is 33.2 Å². The topological polar surface area (TPSA) is 93.1 Å². The molecule has 0 radical (unpaired) electrons. The highest BCUT2D eigenvalue weighted by Gasteiger charge is 2.20. The fraction of sp³-hybridized carbons (Fsp3) is 0.158. The largest absolute Gasteiger partial charge is 0.352 e. The van der Waals surface area contributed by atoms with E-state index in [-0.39, 0.29) is 21.2 Å². The molecular formula is C19H18ClFN4O3S. The van der Waals surface area contributed by atoms with Gasteiger partial charge in [-0.15, -0.1) is 0 Å². The molecule has 0 aliphatic heterocycles. The van der Waals surface area contributed by atoms with Crippen molar-refractivity contribution in [3.05, 3.63) is 77.1 Å². The molecule has 3 rings (SSSR count). The molecule has 10 heteroatoms. The molecule has 29 heavy (non-hydrogen) atoms. The van der Waals surface area contributed by atoms with Gasteiger partial charge in [0.2, 0.25) is 0 Å². The van der Waals surface area contributed by atoms with Crippen molar-refractivity contribution in [1.29, 1.82) is 0 Å². The summed E-state index contributed by atoms with van der Waals surface area (Å²) >= 11 is 6.04. The zero-order chi connectivity index (χ0) is 21.0. The number of anilines is 1. The third kappa shape index (κ3) is 5.12. The van der Waals surface area contributed by atoms with Crippen LogP contribution in [-0.2, 0) is 23.5 Å². The van der Waals surface area contributed by atoms with Gasteiger partial charge in [-0.05, 0) is 42.5 Å². The van der Waals surface area contributed by atoms with Gasteiger partial charge in [0, 0.05) is 43.7 Å². The van der Waals surface area contributed by atoms with E-state index >= 15 is 0 Å². The monoisotopic (exact) mass is 436 g/mol. The first-order valence-corrected chi connectivity index (χ1v) is 10.4. The maximum Gasteiger partial charge on any atom is 0.263 e. The Hall–Kier alpha value is -2.91. The molecule has 0 bridgehead atoms. The van der Waals surface area contributed by atoms with Crippen molar-refractivity contribution < 1.29 is 17.6 Å². The van der Waals surface area contributed by atoms with Crippen molar-refractivity contribution in [3.8, 4) is 0 Å². The second-order valence-electron chi connectivity index (χ2n) is 6.22. The average molecular weight is 437 g/mol. The van der Waals surface area contributed by atoms with Gasteiger partial charge in [-0.3, -0.25) is 9.52 Å². The molecule has 0 unspecified atom stereocenters. The summed E-state index contributed by atoms with van der Waals surface area (Å²) < 4.78 is 42.5. The second-order valence-corrected chi connectivity index (χ2v) is 8.28. The van der Waals surface area contributed by atoms with Crippen LogP contribution < -0.4 is 10.0 Å². The summed E-state index contributed by atoms with van der Waals surface area (Å²) in [6, 6.07) is 8.81. The van der Waals surface area contributed by atoms with Crippen LogP contribution in [0, 0.1) is 5.82 Å². The Morgan fingerprint density at radius 3 is 2.59 bits per heavy atom. The van der Waals surface area contributed by atoms with E-state index in [1.54, 1.807) is 6.20 Å². The number of carbonyl (C=O) groups excluding carboxylic acids is 1. The molecule has 0 aliphatic carbocycles. The zero-order valence-electron chi connectivity index (χ0n) is 15.4. The number of sulfonamides is 1. The van der Waals surface area contributed by atoms with E-state index in [1.165, 1.54) is 30.3 Å². The van der Waals surface area contributed by atoms with Gasteiger partial charge >= 0.3 is 0 Å². The molecule has 0 spiro atoms. The maximum atomic E-state index is 13.0. The molecule has 1 aromatic heterocycles. The standard InChI is InChI=1S/C19H18ClFN4O3S/c1-25-11-10-22-18(25)8-9-23-19(26)13-2-7-16(20)17(12-13)29(27,28)24-15-5-3-14(21)4-6-15/h2-7,10-12,24H,8-9H2,1H3,(H,23,26). The number of imidazole rings is 1. The number of hydrogen-bond acceptors (Lipinski definition) is 4. The third-order valence-corrected chi connectivity index (χ3v) is 6.00. The predicted octanol–water partition coefficient (Wildman–Crippen LogP) is 2.99. The summed E-state index contributed by atoms with van der Waals surface area (Å²) in [6.07, 6.45) is 4.00. The van der Waals surface area contributed by atoms with E-state index in [2.05, 4.69) is 15.0 Å². The quantitative estimate of drug-likeness (QED) is 0.595. The molecule has 0 fully saturated rings. The van der Waals surface area contributed by atoms with E-state index < -0.39 is 21.7 Å². The summed E-state index contributed by atoms with van der Waals surface area (Å²) in [6.45, 7) is 0.336. The highest BCUT2D eigenvalue weighted by Crippen LogP contribution is 2.25. The van der Waals surface area contributed by atoms with Crippen molar-refractivity contribution in [3.63, 3.8) is 0 Å². The van der Waals surface area contributed by atoms with Crippen molar-refractivity contribution in [2.45, 2.75) is 11.3 Å². The Kier molecular flexibility index (Phi) is 6.19. The average Bonchev–Trinajstić information content (AvgIpc) is 3.08. The molecule has 3 aromatic rings. The summed E-state index contributed by atoms with van der Waals surface area (Å²) in [5, 5.41) is 2.69. The zero-order valence-corrected chi connectivity index (χ0v) is 17.0. The van der Waals surface area contributed by atoms with Gasteiger partial charge in [0.15, 0.2) is 0 Å². The maximum absolute atomic E-state index is 13.0. The second kappa shape index (κ2) is 8.62. The fourth-order valence-electron chi connectivity index (χ4n) is 2.61. The van der Waals surface area contributed by atoms with Crippen molar-refractivity contribution in [1.82, 2.24) is 14.9 Å². The number of rotatable bonds is 7. The minimum absolute atomic E-state index is 0.0378. The van der Waals surface area contributed by atoms with E-state index in [4.69, 9.17) is 11.6 Å². The molecular weight excluding hydrogens is 419 g/mol. The van der Waals surface area contributed by atoms with Crippen LogP contribution in [0.25, 0.3) is 0 Å². The Morgan fingerprint density at radius 1 is 1.21 bits per heavy atom. The van der Waals surface area contributed by atoms with E-state index in [1.807, 2.05) is 17.8 Å². The smallest absolute Gasteiger partial charge is 0.263 e. The molecule has 1 amide bonds. The number of aryl methyl sites for hydroxylation is 1. The lowest BCUT2D eigenvalue weighted by Crippen LogP contribution is -2.26. The normalized spacial score (nSPS) is 11.3. The Bertz CT molecular complexity index is 1130. The third-order valence-electron chi connectivity index (χ3n) is 4.13. The van der Waals surface area contributed by atoms with Gasteiger partial charge in [-0.25, -0.2) is 17.8 Å². The van der Waals surface area contributed by atoms with Crippen LogP contribution in [0.1, 0.15) is 16.2 Å². The van der Waals surface area contributed by atoms with Crippen LogP contribution in [0.3, 0.4) is 0 Å². The molecule has 2 N–H and O–H groups in total. The first kappa shape index (κ1) is 20.8. The van der Waals surface area contributed by atoms with Gasteiger partial charge in [-0.2, -0.15) is 0 Å². The number of aromatic nitrogens is 2. The van der Waals surface area contributed by atoms with Gasteiger partial charge in [0.05, 0.1) is 5.02 Å². The summed E-state index contributed by atoms with van der Waals surface area (Å²) in [5.74, 6) is -0.113. The van der Waals surface area contributed by atoms with Crippen molar-refractivity contribution in [2.75, 3.05) is 11.3 Å². The molecule has 0 saturated heterocycles. The molecule has 0 atom stereocenters. The van der Waals surface area contributed by atoms with Crippen LogP contribution in [0.15, 0.2) is 59.8 Å².